The van der Waals surface area contributed by atoms with E-state index in [9.17, 15) is 14.4 Å². The third kappa shape index (κ3) is 3.91. The summed E-state index contributed by atoms with van der Waals surface area (Å²) < 4.78 is 0. The second-order valence-corrected chi connectivity index (χ2v) is 5.59. The van der Waals surface area contributed by atoms with Gasteiger partial charge in [0.25, 0.3) is 0 Å². The van der Waals surface area contributed by atoms with Crippen molar-refractivity contribution in [2.75, 3.05) is 19.6 Å². The number of amides is 3. The van der Waals surface area contributed by atoms with Crippen molar-refractivity contribution in [2.45, 2.75) is 19.4 Å². The van der Waals surface area contributed by atoms with E-state index in [2.05, 4.69) is 15.6 Å². The summed E-state index contributed by atoms with van der Waals surface area (Å²) in [5, 5.41) is 17.0. The Labute approximate surface area is 125 Å². The Bertz CT molecular complexity index is 559. The minimum atomic E-state index is -1.14. The number of nitrogens with one attached hydrogen (secondary N) is 2. The number of urea groups is 1. The predicted octanol–water partition coefficient (Wildman–Crippen LogP) is -0.411. The van der Waals surface area contributed by atoms with E-state index in [0.717, 1.165) is 15.6 Å². The van der Waals surface area contributed by atoms with Crippen LogP contribution in [0.25, 0.3) is 0 Å². The molecule has 21 heavy (non-hydrogen) atoms. The number of aromatic nitrogens is 1. The first-order valence-corrected chi connectivity index (χ1v) is 7.30. The molecule has 0 saturated carbocycles. The Morgan fingerprint density at radius 3 is 3.00 bits per heavy atom. The van der Waals surface area contributed by atoms with Crippen LogP contribution in [0.3, 0.4) is 0 Å². The number of thiazole rings is 1. The number of carbonyl (C=O) groups is 3. The minimum Gasteiger partial charge on any atom is -0.480 e. The summed E-state index contributed by atoms with van der Waals surface area (Å²) in [7, 11) is 0. The summed E-state index contributed by atoms with van der Waals surface area (Å²) in [6.45, 7) is 1.91. The van der Waals surface area contributed by atoms with E-state index in [1.165, 1.54) is 11.3 Å². The van der Waals surface area contributed by atoms with E-state index < -0.39 is 18.0 Å². The lowest BCUT2D eigenvalue weighted by molar-refractivity contribution is -0.144. The van der Waals surface area contributed by atoms with Gasteiger partial charge in [0, 0.05) is 30.6 Å². The number of aryl methyl sites for hydroxylation is 1. The van der Waals surface area contributed by atoms with Gasteiger partial charge in [-0.2, -0.15) is 0 Å². The highest BCUT2D eigenvalue weighted by atomic mass is 32.1. The highest BCUT2D eigenvalue weighted by molar-refractivity contribution is 7.09. The SMILES string of the molecule is Cc1csc(CCNC(=O)N2CC(=O)NCC2C(=O)O)n1. The van der Waals surface area contributed by atoms with Crippen LogP contribution < -0.4 is 10.6 Å². The summed E-state index contributed by atoms with van der Waals surface area (Å²) in [5.74, 6) is -1.50. The van der Waals surface area contributed by atoms with Crippen molar-refractivity contribution in [3.8, 4) is 0 Å². The lowest BCUT2D eigenvalue weighted by atomic mass is 10.2. The van der Waals surface area contributed by atoms with E-state index in [1.54, 1.807) is 0 Å². The van der Waals surface area contributed by atoms with Crippen molar-refractivity contribution >= 4 is 29.2 Å². The number of aliphatic carboxylic acids is 1. The number of carboxylic acid groups (broad SMARTS) is 1. The fourth-order valence-corrected chi connectivity index (χ4v) is 2.75. The van der Waals surface area contributed by atoms with Crippen molar-refractivity contribution in [1.29, 1.82) is 0 Å². The second-order valence-electron chi connectivity index (χ2n) is 4.65. The Morgan fingerprint density at radius 2 is 2.38 bits per heavy atom. The van der Waals surface area contributed by atoms with Crippen molar-refractivity contribution in [2.24, 2.45) is 0 Å². The number of carboxylic acids is 1. The molecule has 9 heteroatoms. The quantitative estimate of drug-likeness (QED) is 0.700. The van der Waals surface area contributed by atoms with Gasteiger partial charge < -0.3 is 15.7 Å². The molecule has 0 aliphatic carbocycles. The molecular weight excluding hydrogens is 296 g/mol. The molecule has 0 aromatic carbocycles. The summed E-state index contributed by atoms with van der Waals surface area (Å²) in [5.41, 5.74) is 0.931. The molecule has 1 fully saturated rings. The minimum absolute atomic E-state index is 0.0761. The van der Waals surface area contributed by atoms with Crippen molar-refractivity contribution in [3.05, 3.63) is 16.1 Å². The van der Waals surface area contributed by atoms with Gasteiger partial charge in [-0.15, -0.1) is 11.3 Å². The zero-order valence-electron chi connectivity index (χ0n) is 11.5. The first kappa shape index (κ1) is 15.2. The summed E-state index contributed by atoms with van der Waals surface area (Å²) in [6.07, 6.45) is 0.571. The monoisotopic (exact) mass is 312 g/mol. The maximum Gasteiger partial charge on any atom is 0.328 e. The largest absolute Gasteiger partial charge is 0.480 e. The van der Waals surface area contributed by atoms with Crippen LogP contribution in [0.5, 0.6) is 0 Å². The van der Waals surface area contributed by atoms with Gasteiger partial charge in [-0.05, 0) is 6.92 Å². The standard InChI is InChI=1S/C12H16N4O4S/c1-7-6-21-10(15-7)2-3-13-12(20)16-5-9(17)14-4-8(16)11(18)19/h6,8H,2-5H2,1H3,(H,13,20)(H,14,17)(H,18,19). The fourth-order valence-electron chi connectivity index (χ4n) is 1.97. The molecule has 1 atom stereocenters. The molecule has 1 saturated heterocycles. The van der Waals surface area contributed by atoms with E-state index >= 15 is 0 Å². The highest BCUT2D eigenvalue weighted by Gasteiger charge is 2.34. The lowest BCUT2D eigenvalue weighted by Crippen LogP contribution is -2.61. The fraction of sp³-hybridized carbons (Fsp3) is 0.500. The zero-order chi connectivity index (χ0) is 15.4. The molecule has 8 nitrogen and oxygen atoms in total. The number of nitrogens with zero attached hydrogens (tertiary/aromatic N) is 2. The molecule has 0 spiro atoms. The Morgan fingerprint density at radius 1 is 1.62 bits per heavy atom. The molecule has 1 aromatic heterocycles. The number of hydrogen-bond donors (Lipinski definition) is 3. The van der Waals surface area contributed by atoms with Crippen LogP contribution in [-0.2, 0) is 16.0 Å². The normalized spacial score (nSPS) is 18.2. The highest BCUT2D eigenvalue weighted by Crippen LogP contribution is 2.09. The molecule has 1 aliphatic heterocycles. The number of hydrogen-bond acceptors (Lipinski definition) is 5. The molecule has 0 radical (unpaired) electrons. The summed E-state index contributed by atoms with van der Waals surface area (Å²) in [4.78, 5) is 39.7. The first-order valence-electron chi connectivity index (χ1n) is 6.42. The van der Waals surface area contributed by atoms with E-state index in [-0.39, 0.29) is 19.0 Å². The van der Waals surface area contributed by atoms with Crippen molar-refractivity contribution in [1.82, 2.24) is 20.5 Å². The van der Waals surface area contributed by atoms with Crippen LogP contribution in [0.1, 0.15) is 10.7 Å². The molecule has 114 valence electrons. The van der Waals surface area contributed by atoms with E-state index in [1.807, 2.05) is 12.3 Å². The summed E-state index contributed by atoms with van der Waals surface area (Å²) in [6, 6.07) is -1.59. The van der Waals surface area contributed by atoms with Gasteiger partial charge in [-0.1, -0.05) is 0 Å². The van der Waals surface area contributed by atoms with Crippen LogP contribution in [0.4, 0.5) is 4.79 Å². The number of carbonyl (C=O) groups excluding carboxylic acids is 2. The maximum absolute atomic E-state index is 12.0. The Hall–Kier alpha value is -2.16. The Kier molecular flexibility index (Phi) is 4.73. The molecular formula is C12H16N4O4S. The zero-order valence-corrected chi connectivity index (χ0v) is 12.3. The van der Waals surface area contributed by atoms with Gasteiger partial charge in [0.05, 0.1) is 5.01 Å². The second kappa shape index (κ2) is 6.53. The van der Waals surface area contributed by atoms with E-state index in [4.69, 9.17) is 5.11 Å². The molecule has 2 heterocycles. The predicted molar refractivity (Wildman–Crippen MR) is 75.1 cm³/mol. The van der Waals surface area contributed by atoms with Gasteiger partial charge in [0.2, 0.25) is 5.91 Å². The molecule has 3 N–H and O–H groups in total. The lowest BCUT2D eigenvalue weighted by Gasteiger charge is -2.32. The number of piperazine rings is 1. The number of rotatable bonds is 4. The molecule has 2 rings (SSSR count). The molecule has 3 amide bonds. The third-order valence-corrected chi connectivity index (χ3v) is 4.04. The van der Waals surface area contributed by atoms with Crippen molar-refractivity contribution in [3.63, 3.8) is 0 Å². The van der Waals surface area contributed by atoms with Crippen LogP contribution >= 0.6 is 11.3 Å². The molecule has 0 bridgehead atoms. The Balaban J connectivity index is 1.88. The topological polar surface area (TPSA) is 112 Å². The van der Waals surface area contributed by atoms with Crippen LogP contribution in [0.15, 0.2) is 5.38 Å². The smallest absolute Gasteiger partial charge is 0.328 e. The maximum atomic E-state index is 12.0. The van der Waals surface area contributed by atoms with Crippen LogP contribution in [-0.4, -0.2) is 58.6 Å². The van der Waals surface area contributed by atoms with Crippen LogP contribution in [0, 0.1) is 6.92 Å². The van der Waals surface area contributed by atoms with Gasteiger partial charge in [0.15, 0.2) is 0 Å². The molecule has 1 aliphatic rings. The van der Waals surface area contributed by atoms with E-state index in [0.29, 0.717) is 13.0 Å². The van der Waals surface area contributed by atoms with Gasteiger partial charge in [0.1, 0.15) is 12.6 Å². The van der Waals surface area contributed by atoms with Gasteiger partial charge in [-0.25, -0.2) is 14.6 Å². The summed E-state index contributed by atoms with van der Waals surface area (Å²) >= 11 is 1.51. The molecule has 1 unspecified atom stereocenters. The first-order chi connectivity index (χ1) is 9.97. The third-order valence-electron chi connectivity index (χ3n) is 3.01. The van der Waals surface area contributed by atoms with Gasteiger partial charge in [-0.3, -0.25) is 9.69 Å². The average Bonchev–Trinajstić information content (AvgIpc) is 2.84. The van der Waals surface area contributed by atoms with Crippen LogP contribution in [0.2, 0.25) is 0 Å². The van der Waals surface area contributed by atoms with Crippen molar-refractivity contribution < 1.29 is 19.5 Å². The molecule has 1 aromatic rings. The van der Waals surface area contributed by atoms with Gasteiger partial charge >= 0.3 is 12.0 Å². The average molecular weight is 312 g/mol.